The van der Waals surface area contributed by atoms with E-state index in [0.717, 1.165) is 21.6 Å². The fraction of sp³-hybridized carbons (Fsp3) is 0.136. The maximum atomic E-state index is 13.0. The highest BCUT2D eigenvalue weighted by Gasteiger charge is 2.23. The number of aryl methyl sites for hydroxylation is 1. The minimum absolute atomic E-state index is 0.0897. The van der Waals surface area contributed by atoms with Crippen LogP contribution in [0.4, 0.5) is 5.13 Å². The van der Waals surface area contributed by atoms with Gasteiger partial charge in [-0.25, -0.2) is 14.5 Å². The average molecular weight is 434 g/mol. The number of rotatable bonds is 5. The number of carbonyl (C=O) groups excluding carboxylic acids is 2. The minimum atomic E-state index is -0.532. The summed E-state index contributed by atoms with van der Waals surface area (Å²) in [4.78, 5) is 42.5. The third-order valence-corrected chi connectivity index (χ3v) is 5.48. The molecule has 0 saturated heterocycles. The van der Waals surface area contributed by atoms with Crippen LogP contribution in [0.5, 0.6) is 0 Å². The SMILES string of the molecule is CCOC(=O)c1sc(NC(=O)c2nn(C)c(=O)c3ccccc23)nc1-c1ccccc1. The van der Waals surface area contributed by atoms with E-state index < -0.39 is 11.9 Å². The van der Waals surface area contributed by atoms with Gasteiger partial charge in [0.1, 0.15) is 4.88 Å². The Labute approximate surface area is 181 Å². The smallest absolute Gasteiger partial charge is 0.350 e. The molecule has 2 aromatic carbocycles. The van der Waals surface area contributed by atoms with Crippen molar-refractivity contribution in [1.29, 1.82) is 0 Å². The first-order valence-electron chi connectivity index (χ1n) is 9.50. The summed E-state index contributed by atoms with van der Waals surface area (Å²) in [5, 5.41) is 7.89. The Kier molecular flexibility index (Phi) is 5.59. The van der Waals surface area contributed by atoms with Crippen molar-refractivity contribution in [1.82, 2.24) is 14.8 Å². The molecule has 0 spiro atoms. The molecule has 4 aromatic rings. The zero-order valence-corrected chi connectivity index (χ0v) is 17.6. The molecule has 0 aliphatic rings. The second-order valence-corrected chi connectivity index (χ2v) is 7.56. The summed E-state index contributed by atoms with van der Waals surface area (Å²) < 4.78 is 6.27. The van der Waals surface area contributed by atoms with Crippen LogP contribution in [0, 0.1) is 0 Å². The Hall–Kier alpha value is -3.85. The zero-order valence-electron chi connectivity index (χ0n) is 16.8. The van der Waals surface area contributed by atoms with Gasteiger partial charge in [0.2, 0.25) is 0 Å². The molecule has 0 bridgehead atoms. The lowest BCUT2D eigenvalue weighted by Gasteiger charge is -2.07. The second kappa shape index (κ2) is 8.49. The van der Waals surface area contributed by atoms with Gasteiger partial charge in [-0.15, -0.1) is 0 Å². The summed E-state index contributed by atoms with van der Waals surface area (Å²) in [6.07, 6.45) is 0. The van der Waals surface area contributed by atoms with Crippen molar-refractivity contribution in [3.63, 3.8) is 0 Å². The van der Waals surface area contributed by atoms with Crippen LogP contribution in [-0.2, 0) is 11.8 Å². The normalized spacial score (nSPS) is 10.8. The van der Waals surface area contributed by atoms with Crippen LogP contribution in [0.3, 0.4) is 0 Å². The van der Waals surface area contributed by atoms with E-state index in [2.05, 4.69) is 15.4 Å². The van der Waals surface area contributed by atoms with Crippen molar-refractivity contribution in [3.8, 4) is 11.3 Å². The molecule has 0 atom stereocenters. The van der Waals surface area contributed by atoms with E-state index in [1.165, 1.54) is 7.05 Å². The molecule has 156 valence electrons. The van der Waals surface area contributed by atoms with Crippen LogP contribution in [0.25, 0.3) is 22.0 Å². The molecule has 0 aliphatic carbocycles. The summed E-state index contributed by atoms with van der Waals surface area (Å²) in [5.41, 5.74) is 0.954. The van der Waals surface area contributed by atoms with Crippen LogP contribution in [0.2, 0.25) is 0 Å². The molecule has 0 saturated carbocycles. The quantitative estimate of drug-likeness (QED) is 0.483. The molecule has 31 heavy (non-hydrogen) atoms. The summed E-state index contributed by atoms with van der Waals surface area (Å²) in [6, 6.07) is 16.0. The second-order valence-electron chi connectivity index (χ2n) is 6.56. The van der Waals surface area contributed by atoms with Gasteiger partial charge in [-0.2, -0.15) is 5.10 Å². The molecule has 0 fully saturated rings. The average Bonchev–Trinajstić information content (AvgIpc) is 3.21. The number of ether oxygens (including phenoxy) is 1. The molecule has 4 rings (SSSR count). The van der Waals surface area contributed by atoms with Crippen LogP contribution in [0.1, 0.15) is 27.1 Å². The largest absolute Gasteiger partial charge is 0.462 e. The van der Waals surface area contributed by atoms with E-state index >= 15 is 0 Å². The first-order chi connectivity index (χ1) is 15.0. The summed E-state index contributed by atoms with van der Waals surface area (Å²) >= 11 is 1.02. The summed E-state index contributed by atoms with van der Waals surface area (Å²) in [7, 11) is 1.49. The number of hydrogen-bond donors (Lipinski definition) is 1. The maximum absolute atomic E-state index is 13.0. The number of aromatic nitrogens is 3. The van der Waals surface area contributed by atoms with Crippen LogP contribution in [0.15, 0.2) is 59.4 Å². The Balaban J connectivity index is 1.74. The van der Waals surface area contributed by atoms with Crippen LogP contribution < -0.4 is 10.9 Å². The maximum Gasteiger partial charge on any atom is 0.350 e. The number of thiazole rings is 1. The van der Waals surface area contributed by atoms with E-state index in [9.17, 15) is 14.4 Å². The zero-order chi connectivity index (χ0) is 22.0. The summed E-state index contributed by atoms with van der Waals surface area (Å²) in [5.74, 6) is -1.04. The van der Waals surface area contributed by atoms with Crippen molar-refractivity contribution >= 4 is 39.1 Å². The fourth-order valence-corrected chi connectivity index (χ4v) is 4.00. The van der Waals surface area contributed by atoms with Gasteiger partial charge in [-0.1, -0.05) is 59.9 Å². The van der Waals surface area contributed by atoms with Crippen molar-refractivity contribution < 1.29 is 14.3 Å². The van der Waals surface area contributed by atoms with Gasteiger partial charge < -0.3 is 4.74 Å². The first-order valence-corrected chi connectivity index (χ1v) is 10.3. The first kappa shape index (κ1) is 20.4. The molecular formula is C22H18N4O4S. The number of amides is 1. The van der Waals surface area contributed by atoms with E-state index in [1.807, 2.05) is 30.3 Å². The van der Waals surface area contributed by atoms with Gasteiger partial charge in [-0.05, 0) is 13.0 Å². The molecule has 9 heteroatoms. The highest BCUT2D eigenvalue weighted by atomic mass is 32.1. The molecule has 1 N–H and O–H groups in total. The molecule has 8 nitrogen and oxygen atoms in total. The van der Waals surface area contributed by atoms with Crippen molar-refractivity contribution in [2.75, 3.05) is 11.9 Å². The van der Waals surface area contributed by atoms with Gasteiger partial charge in [0, 0.05) is 18.0 Å². The third-order valence-electron chi connectivity index (χ3n) is 4.53. The highest BCUT2D eigenvalue weighted by Crippen LogP contribution is 2.32. The van der Waals surface area contributed by atoms with Crippen molar-refractivity contribution in [2.45, 2.75) is 6.92 Å². The monoisotopic (exact) mass is 434 g/mol. The predicted molar refractivity (Wildman–Crippen MR) is 118 cm³/mol. The molecule has 2 heterocycles. The van der Waals surface area contributed by atoms with Gasteiger partial charge in [0.15, 0.2) is 10.8 Å². The lowest BCUT2D eigenvalue weighted by molar-refractivity contribution is 0.0532. The standard InChI is InChI=1S/C22H18N4O4S/c1-3-30-21(29)18-16(13-9-5-4-6-10-13)23-22(31-18)24-19(27)17-14-11-7-8-12-15(14)20(28)26(2)25-17/h4-12H,3H2,1-2H3,(H,23,24,27). The van der Waals surface area contributed by atoms with Crippen LogP contribution >= 0.6 is 11.3 Å². The van der Waals surface area contributed by atoms with Gasteiger partial charge in [-0.3, -0.25) is 14.9 Å². The third kappa shape index (κ3) is 3.95. The van der Waals surface area contributed by atoms with Gasteiger partial charge in [0.25, 0.3) is 11.5 Å². The molecular weight excluding hydrogens is 416 g/mol. The van der Waals surface area contributed by atoms with Gasteiger partial charge in [0.05, 0.1) is 17.7 Å². The number of benzene rings is 2. The number of nitrogens with zero attached hydrogens (tertiary/aromatic N) is 3. The number of carbonyl (C=O) groups is 2. The number of anilines is 1. The van der Waals surface area contributed by atoms with E-state index in [0.29, 0.717) is 21.3 Å². The molecule has 2 aromatic heterocycles. The van der Waals surface area contributed by atoms with E-state index in [4.69, 9.17) is 4.74 Å². The molecule has 1 amide bonds. The Morgan fingerprint density at radius 2 is 1.74 bits per heavy atom. The predicted octanol–water partition coefficient (Wildman–Crippen LogP) is 3.49. The van der Waals surface area contributed by atoms with Crippen molar-refractivity contribution in [3.05, 3.63) is 75.5 Å². The molecule has 0 unspecified atom stereocenters. The van der Waals surface area contributed by atoms with Gasteiger partial charge >= 0.3 is 5.97 Å². The molecule has 0 radical (unpaired) electrons. The lowest BCUT2D eigenvalue weighted by atomic mass is 10.1. The fourth-order valence-electron chi connectivity index (χ4n) is 3.12. The Morgan fingerprint density at radius 1 is 1.06 bits per heavy atom. The lowest BCUT2D eigenvalue weighted by Crippen LogP contribution is -2.25. The number of nitrogens with one attached hydrogen (secondary N) is 1. The summed E-state index contributed by atoms with van der Waals surface area (Å²) in [6.45, 7) is 1.95. The Bertz CT molecular complexity index is 1340. The topological polar surface area (TPSA) is 103 Å². The van der Waals surface area contributed by atoms with Crippen molar-refractivity contribution in [2.24, 2.45) is 7.05 Å². The molecule has 0 aliphatic heterocycles. The Morgan fingerprint density at radius 3 is 2.45 bits per heavy atom. The highest BCUT2D eigenvalue weighted by molar-refractivity contribution is 7.18. The van der Waals surface area contributed by atoms with Crippen LogP contribution in [-0.4, -0.2) is 33.2 Å². The number of hydrogen-bond acceptors (Lipinski definition) is 7. The number of esters is 1. The minimum Gasteiger partial charge on any atom is -0.462 e. The van der Waals surface area contributed by atoms with E-state index in [1.54, 1.807) is 31.2 Å². The van der Waals surface area contributed by atoms with E-state index in [-0.39, 0.29) is 23.0 Å². The number of fused-ring (bicyclic) bond motifs is 1.